The van der Waals surface area contributed by atoms with E-state index in [0.29, 0.717) is 6.61 Å². The van der Waals surface area contributed by atoms with Crippen LogP contribution in [0.25, 0.3) is 0 Å². The molecule has 0 heterocycles. The second-order valence-corrected chi connectivity index (χ2v) is 3.91. The van der Waals surface area contributed by atoms with Crippen molar-refractivity contribution in [2.24, 2.45) is 0 Å². The molecule has 0 aliphatic heterocycles. The fraction of sp³-hybridized carbons (Fsp3) is 0.200. The molecule has 0 aliphatic carbocycles. The van der Waals surface area contributed by atoms with Gasteiger partial charge in [0.25, 0.3) is 0 Å². The molecule has 0 aromatic heterocycles. The maximum atomic E-state index is 5.72. The predicted molar refractivity (Wildman–Crippen MR) is 68.5 cm³/mol. The van der Waals surface area contributed by atoms with Gasteiger partial charge in [-0.15, -0.1) is 0 Å². The Morgan fingerprint density at radius 2 is 1.76 bits per heavy atom. The van der Waals surface area contributed by atoms with E-state index in [4.69, 9.17) is 9.47 Å². The van der Waals surface area contributed by atoms with Crippen molar-refractivity contribution in [2.75, 3.05) is 7.11 Å². The third-order valence-corrected chi connectivity index (χ3v) is 2.61. The second-order valence-electron chi connectivity index (χ2n) is 3.91. The van der Waals surface area contributed by atoms with Crippen molar-refractivity contribution in [3.05, 3.63) is 59.7 Å². The van der Waals surface area contributed by atoms with Crippen molar-refractivity contribution >= 4 is 0 Å². The van der Waals surface area contributed by atoms with E-state index in [1.54, 1.807) is 7.11 Å². The van der Waals surface area contributed by atoms with E-state index in [1.807, 2.05) is 43.3 Å². The zero-order valence-corrected chi connectivity index (χ0v) is 10.1. The Balaban J connectivity index is 2.02. The lowest BCUT2D eigenvalue weighted by molar-refractivity contribution is 0.305. The van der Waals surface area contributed by atoms with Gasteiger partial charge < -0.3 is 9.47 Å². The Labute approximate surface area is 102 Å². The van der Waals surface area contributed by atoms with Crippen LogP contribution < -0.4 is 9.47 Å². The van der Waals surface area contributed by atoms with E-state index in [-0.39, 0.29) is 0 Å². The van der Waals surface area contributed by atoms with Gasteiger partial charge in [-0.1, -0.05) is 30.3 Å². The van der Waals surface area contributed by atoms with Crippen molar-refractivity contribution in [3.8, 4) is 11.5 Å². The van der Waals surface area contributed by atoms with Crippen molar-refractivity contribution < 1.29 is 9.47 Å². The van der Waals surface area contributed by atoms with Crippen LogP contribution in [0.4, 0.5) is 0 Å². The predicted octanol–water partition coefficient (Wildman–Crippen LogP) is 3.58. The molecule has 0 aliphatic rings. The van der Waals surface area contributed by atoms with Crippen molar-refractivity contribution in [2.45, 2.75) is 13.5 Å². The van der Waals surface area contributed by atoms with Crippen LogP contribution in [0.1, 0.15) is 11.1 Å². The van der Waals surface area contributed by atoms with Gasteiger partial charge in [-0.2, -0.15) is 0 Å². The molecule has 2 nitrogen and oxygen atoms in total. The molecule has 2 heteroatoms. The topological polar surface area (TPSA) is 18.5 Å². The molecule has 2 rings (SSSR count). The van der Waals surface area contributed by atoms with Gasteiger partial charge in [-0.05, 0) is 36.2 Å². The third-order valence-electron chi connectivity index (χ3n) is 2.61. The molecular weight excluding hydrogens is 212 g/mol. The van der Waals surface area contributed by atoms with Gasteiger partial charge in [0.05, 0.1) is 7.11 Å². The molecule has 0 radical (unpaired) electrons. The average molecular weight is 228 g/mol. The minimum absolute atomic E-state index is 0.590. The molecule has 0 fully saturated rings. The summed E-state index contributed by atoms with van der Waals surface area (Å²) in [5.41, 5.74) is 2.25. The van der Waals surface area contributed by atoms with Crippen molar-refractivity contribution in [3.63, 3.8) is 0 Å². The van der Waals surface area contributed by atoms with Gasteiger partial charge in [0.2, 0.25) is 0 Å². The minimum Gasteiger partial charge on any atom is -0.496 e. The fourth-order valence-corrected chi connectivity index (χ4v) is 1.68. The minimum atomic E-state index is 0.590. The van der Waals surface area contributed by atoms with Crippen molar-refractivity contribution in [1.29, 1.82) is 0 Å². The fourth-order valence-electron chi connectivity index (χ4n) is 1.68. The van der Waals surface area contributed by atoms with Gasteiger partial charge in [0.1, 0.15) is 18.1 Å². The summed E-state index contributed by atoms with van der Waals surface area (Å²) in [6.45, 7) is 2.60. The van der Waals surface area contributed by atoms with Crippen molar-refractivity contribution in [1.82, 2.24) is 0 Å². The van der Waals surface area contributed by atoms with E-state index in [9.17, 15) is 0 Å². The van der Waals surface area contributed by atoms with Crippen LogP contribution in [0.3, 0.4) is 0 Å². The largest absolute Gasteiger partial charge is 0.496 e. The molecule has 0 unspecified atom stereocenters. The van der Waals surface area contributed by atoms with Gasteiger partial charge in [0.15, 0.2) is 0 Å². The highest BCUT2D eigenvalue weighted by molar-refractivity contribution is 5.39. The Bertz CT molecular complexity index is 478. The van der Waals surface area contributed by atoms with Crippen LogP contribution in [0.5, 0.6) is 11.5 Å². The molecule has 2 aromatic rings. The Kier molecular flexibility index (Phi) is 3.66. The summed E-state index contributed by atoms with van der Waals surface area (Å²) in [5.74, 6) is 1.75. The monoisotopic (exact) mass is 228 g/mol. The molecule has 0 saturated carbocycles. The smallest absolute Gasteiger partial charge is 0.122 e. The summed E-state index contributed by atoms with van der Waals surface area (Å²) in [6.07, 6.45) is 0. The zero-order valence-electron chi connectivity index (χ0n) is 10.1. The molecule has 2 aromatic carbocycles. The lowest BCUT2D eigenvalue weighted by atomic mass is 10.2. The maximum absolute atomic E-state index is 5.72. The molecule has 17 heavy (non-hydrogen) atoms. The first-order valence-corrected chi connectivity index (χ1v) is 5.61. The number of aryl methyl sites for hydroxylation is 1. The summed E-state index contributed by atoms with van der Waals surface area (Å²) >= 11 is 0. The van der Waals surface area contributed by atoms with Crippen LogP contribution in [-0.2, 0) is 6.61 Å². The Morgan fingerprint density at radius 1 is 1.00 bits per heavy atom. The van der Waals surface area contributed by atoms with Crippen LogP contribution in [-0.4, -0.2) is 7.11 Å². The SMILES string of the molecule is COc1ccc(OCc2ccccc2)cc1C. The normalized spacial score (nSPS) is 10.0. The van der Waals surface area contributed by atoms with Gasteiger partial charge >= 0.3 is 0 Å². The standard InChI is InChI=1S/C15H16O2/c1-12-10-14(8-9-15(12)16-2)17-11-13-6-4-3-5-7-13/h3-10H,11H2,1-2H3. The summed E-state index contributed by atoms with van der Waals surface area (Å²) in [6, 6.07) is 16.0. The maximum Gasteiger partial charge on any atom is 0.122 e. The Hall–Kier alpha value is -1.96. The highest BCUT2D eigenvalue weighted by atomic mass is 16.5. The first kappa shape index (κ1) is 11.5. The van der Waals surface area contributed by atoms with Crippen LogP contribution in [0, 0.1) is 6.92 Å². The number of ether oxygens (including phenoxy) is 2. The summed E-state index contributed by atoms with van der Waals surface area (Å²) in [4.78, 5) is 0. The van der Waals surface area contributed by atoms with E-state index < -0.39 is 0 Å². The number of hydrogen-bond donors (Lipinski definition) is 0. The van der Waals surface area contributed by atoms with E-state index in [2.05, 4.69) is 12.1 Å². The lowest BCUT2D eigenvalue weighted by Gasteiger charge is -2.09. The molecule has 0 spiro atoms. The van der Waals surface area contributed by atoms with E-state index in [1.165, 1.54) is 5.56 Å². The molecular formula is C15H16O2. The highest BCUT2D eigenvalue weighted by Gasteiger charge is 2.00. The summed E-state index contributed by atoms with van der Waals surface area (Å²) < 4.78 is 10.9. The van der Waals surface area contributed by atoms with E-state index >= 15 is 0 Å². The molecule has 0 bridgehead atoms. The van der Waals surface area contributed by atoms with Crippen LogP contribution >= 0.6 is 0 Å². The first-order chi connectivity index (χ1) is 8.29. The first-order valence-electron chi connectivity index (χ1n) is 5.61. The van der Waals surface area contributed by atoms with E-state index in [0.717, 1.165) is 17.1 Å². The lowest BCUT2D eigenvalue weighted by Crippen LogP contribution is -1.96. The number of benzene rings is 2. The second kappa shape index (κ2) is 5.39. The molecule has 0 saturated heterocycles. The molecule has 0 amide bonds. The highest BCUT2D eigenvalue weighted by Crippen LogP contribution is 2.23. The quantitative estimate of drug-likeness (QED) is 0.796. The summed E-state index contributed by atoms with van der Waals surface area (Å²) in [7, 11) is 1.67. The third kappa shape index (κ3) is 3.00. The van der Waals surface area contributed by atoms with Crippen LogP contribution in [0.15, 0.2) is 48.5 Å². The number of methoxy groups -OCH3 is 1. The van der Waals surface area contributed by atoms with Gasteiger partial charge in [-0.25, -0.2) is 0 Å². The number of hydrogen-bond acceptors (Lipinski definition) is 2. The average Bonchev–Trinajstić information content (AvgIpc) is 2.38. The molecule has 0 N–H and O–H groups in total. The molecule has 0 atom stereocenters. The zero-order chi connectivity index (χ0) is 12.1. The molecule has 88 valence electrons. The summed E-state index contributed by atoms with van der Waals surface area (Å²) in [5, 5.41) is 0. The van der Waals surface area contributed by atoms with Gasteiger partial charge in [-0.3, -0.25) is 0 Å². The van der Waals surface area contributed by atoms with Crippen LogP contribution in [0.2, 0.25) is 0 Å². The Morgan fingerprint density at radius 3 is 2.41 bits per heavy atom. The van der Waals surface area contributed by atoms with Gasteiger partial charge in [0, 0.05) is 0 Å². The number of rotatable bonds is 4.